The molecule has 1 atom stereocenters. The third-order valence-electron chi connectivity index (χ3n) is 3.01. The molecule has 0 aliphatic heterocycles. The summed E-state index contributed by atoms with van der Waals surface area (Å²) < 4.78 is 13.5. The van der Waals surface area contributed by atoms with Crippen LogP contribution >= 0.6 is 11.6 Å². The largest absolute Gasteiger partial charge is 0.330 e. The van der Waals surface area contributed by atoms with E-state index in [2.05, 4.69) is 6.92 Å². The molecular formula is C14H19ClFNO. The second-order valence-electron chi connectivity index (χ2n) is 4.64. The highest BCUT2D eigenvalue weighted by molar-refractivity contribution is 6.31. The maximum atomic E-state index is 13.5. The number of hydrogen-bond donors (Lipinski definition) is 1. The predicted octanol–water partition coefficient (Wildman–Crippen LogP) is 3.36. The van der Waals surface area contributed by atoms with Gasteiger partial charge in [0.1, 0.15) is 11.6 Å². The molecule has 0 saturated heterocycles. The van der Waals surface area contributed by atoms with Gasteiger partial charge in [0.05, 0.1) is 0 Å². The van der Waals surface area contributed by atoms with Gasteiger partial charge in [0, 0.05) is 23.4 Å². The zero-order valence-corrected chi connectivity index (χ0v) is 11.3. The van der Waals surface area contributed by atoms with Crippen LogP contribution in [0.3, 0.4) is 0 Å². The fourth-order valence-corrected chi connectivity index (χ4v) is 2.05. The Morgan fingerprint density at radius 1 is 1.44 bits per heavy atom. The van der Waals surface area contributed by atoms with Crippen LogP contribution < -0.4 is 5.73 Å². The smallest absolute Gasteiger partial charge is 0.137 e. The molecule has 1 aromatic carbocycles. The van der Waals surface area contributed by atoms with Gasteiger partial charge in [-0.15, -0.1) is 0 Å². The minimum absolute atomic E-state index is 0.0193. The van der Waals surface area contributed by atoms with E-state index in [-0.39, 0.29) is 12.2 Å². The molecule has 0 aliphatic carbocycles. The topological polar surface area (TPSA) is 43.1 Å². The Hall–Kier alpha value is -0.930. The van der Waals surface area contributed by atoms with Crippen LogP contribution in [-0.2, 0) is 11.2 Å². The maximum Gasteiger partial charge on any atom is 0.137 e. The Labute approximate surface area is 112 Å². The summed E-state index contributed by atoms with van der Waals surface area (Å²) in [6, 6.07) is 4.46. The molecule has 2 nitrogen and oxygen atoms in total. The molecule has 0 heterocycles. The molecule has 0 saturated carbocycles. The van der Waals surface area contributed by atoms with Crippen molar-refractivity contribution in [3.05, 3.63) is 34.6 Å². The number of hydrogen-bond acceptors (Lipinski definition) is 2. The van der Waals surface area contributed by atoms with Crippen molar-refractivity contribution in [3.8, 4) is 0 Å². The molecule has 1 aromatic rings. The SMILES string of the molecule is CC(CCN)CCC(=O)Cc1c(F)cccc1Cl. The zero-order valence-electron chi connectivity index (χ0n) is 10.6. The lowest BCUT2D eigenvalue weighted by molar-refractivity contribution is -0.118. The monoisotopic (exact) mass is 271 g/mol. The van der Waals surface area contributed by atoms with E-state index < -0.39 is 5.82 Å². The number of rotatable bonds is 7. The van der Waals surface area contributed by atoms with Crippen LogP contribution in [0.1, 0.15) is 31.7 Å². The number of Topliss-reactive ketones (excluding diaryl/α,β-unsaturated/α-hetero) is 1. The summed E-state index contributed by atoms with van der Waals surface area (Å²) in [5.41, 5.74) is 5.75. The highest BCUT2D eigenvalue weighted by Gasteiger charge is 2.12. The van der Waals surface area contributed by atoms with Crippen LogP contribution in [0.25, 0.3) is 0 Å². The van der Waals surface area contributed by atoms with E-state index in [0.29, 0.717) is 29.5 Å². The van der Waals surface area contributed by atoms with Gasteiger partial charge in [-0.3, -0.25) is 4.79 Å². The highest BCUT2D eigenvalue weighted by Crippen LogP contribution is 2.20. The van der Waals surface area contributed by atoms with Crippen molar-refractivity contribution < 1.29 is 9.18 Å². The van der Waals surface area contributed by atoms with Crippen molar-refractivity contribution in [1.29, 1.82) is 0 Å². The number of carbonyl (C=O) groups is 1. The molecule has 1 unspecified atom stereocenters. The van der Waals surface area contributed by atoms with Crippen molar-refractivity contribution in [2.45, 2.75) is 32.6 Å². The lowest BCUT2D eigenvalue weighted by Crippen LogP contribution is -2.10. The van der Waals surface area contributed by atoms with Crippen LogP contribution in [0.4, 0.5) is 4.39 Å². The molecule has 100 valence electrons. The zero-order chi connectivity index (χ0) is 13.5. The van der Waals surface area contributed by atoms with Crippen molar-refractivity contribution in [3.63, 3.8) is 0 Å². The standard InChI is InChI=1S/C14H19ClFNO/c1-10(7-8-17)5-6-11(18)9-12-13(15)3-2-4-14(12)16/h2-4,10H,5-9,17H2,1H3. The Morgan fingerprint density at radius 3 is 2.78 bits per heavy atom. The van der Waals surface area contributed by atoms with Gasteiger partial charge in [0.2, 0.25) is 0 Å². The molecule has 0 aromatic heterocycles. The third-order valence-corrected chi connectivity index (χ3v) is 3.37. The van der Waals surface area contributed by atoms with E-state index in [1.807, 2.05) is 0 Å². The molecular weight excluding hydrogens is 253 g/mol. The Balaban J connectivity index is 2.50. The lowest BCUT2D eigenvalue weighted by Gasteiger charge is -2.09. The molecule has 18 heavy (non-hydrogen) atoms. The van der Waals surface area contributed by atoms with Gasteiger partial charge in [-0.2, -0.15) is 0 Å². The summed E-state index contributed by atoms with van der Waals surface area (Å²) in [5, 5.41) is 0.318. The van der Waals surface area contributed by atoms with E-state index in [4.69, 9.17) is 17.3 Å². The van der Waals surface area contributed by atoms with Gasteiger partial charge in [0.15, 0.2) is 0 Å². The molecule has 0 spiro atoms. The number of nitrogens with two attached hydrogens (primary N) is 1. The van der Waals surface area contributed by atoms with Crippen molar-refractivity contribution in [1.82, 2.24) is 0 Å². The fraction of sp³-hybridized carbons (Fsp3) is 0.500. The van der Waals surface area contributed by atoms with Crippen LogP contribution in [-0.4, -0.2) is 12.3 Å². The number of benzene rings is 1. The van der Waals surface area contributed by atoms with E-state index in [1.165, 1.54) is 12.1 Å². The van der Waals surface area contributed by atoms with Crippen LogP contribution in [0.2, 0.25) is 5.02 Å². The van der Waals surface area contributed by atoms with E-state index in [0.717, 1.165) is 12.8 Å². The quantitative estimate of drug-likeness (QED) is 0.826. The molecule has 0 bridgehead atoms. The second-order valence-corrected chi connectivity index (χ2v) is 5.04. The van der Waals surface area contributed by atoms with Gasteiger partial charge in [-0.25, -0.2) is 4.39 Å². The summed E-state index contributed by atoms with van der Waals surface area (Å²) in [5.74, 6) is 0.0340. The molecule has 4 heteroatoms. The first-order chi connectivity index (χ1) is 8.54. The Kier molecular flexibility index (Phi) is 6.30. The Bertz CT molecular complexity index is 389. The highest BCUT2D eigenvalue weighted by atomic mass is 35.5. The molecule has 0 radical (unpaired) electrons. The first-order valence-electron chi connectivity index (χ1n) is 6.19. The minimum atomic E-state index is -0.411. The first kappa shape index (κ1) is 15.1. The number of ketones is 1. The van der Waals surface area contributed by atoms with E-state index in [1.54, 1.807) is 6.07 Å². The average Bonchev–Trinajstić information content (AvgIpc) is 2.32. The van der Waals surface area contributed by atoms with Gasteiger partial charge in [0.25, 0.3) is 0 Å². The molecule has 2 N–H and O–H groups in total. The van der Waals surface area contributed by atoms with E-state index >= 15 is 0 Å². The van der Waals surface area contributed by atoms with Gasteiger partial charge in [-0.05, 0) is 37.4 Å². The normalized spacial score (nSPS) is 12.4. The number of halogens is 2. The summed E-state index contributed by atoms with van der Waals surface area (Å²) in [7, 11) is 0. The van der Waals surface area contributed by atoms with Crippen molar-refractivity contribution in [2.24, 2.45) is 11.7 Å². The number of carbonyl (C=O) groups excluding carboxylic acids is 1. The van der Waals surface area contributed by atoms with Gasteiger partial charge >= 0.3 is 0 Å². The summed E-state index contributed by atoms with van der Waals surface area (Å²) >= 11 is 5.88. The van der Waals surface area contributed by atoms with E-state index in [9.17, 15) is 9.18 Å². The average molecular weight is 272 g/mol. The Morgan fingerprint density at radius 2 is 2.17 bits per heavy atom. The van der Waals surface area contributed by atoms with Crippen LogP contribution in [0, 0.1) is 11.7 Å². The van der Waals surface area contributed by atoms with Crippen molar-refractivity contribution in [2.75, 3.05) is 6.54 Å². The van der Waals surface area contributed by atoms with Gasteiger partial charge < -0.3 is 5.73 Å². The summed E-state index contributed by atoms with van der Waals surface area (Å²) in [6.45, 7) is 2.70. The first-order valence-corrected chi connectivity index (χ1v) is 6.57. The predicted molar refractivity (Wildman–Crippen MR) is 72.2 cm³/mol. The minimum Gasteiger partial charge on any atom is -0.330 e. The molecule has 0 fully saturated rings. The lowest BCUT2D eigenvalue weighted by atomic mass is 9.97. The second kappa shape index (κ2) is 7.49. The maximum absolute atomic E-state index is 13.5. The van der Waals surface area contributed by atoms with Crippen molar-refractivity contribution >= 4 is 17.4 Å². The summed E-state index contributed by atoms with van der Waals surface area (Å²) in [4.78, 5) is 11.8. The molecule has 0 aliphatic rings. The van der Waals surface area contributed by atoms with Crippen LogP contribution in [0.5, 0.6) is 0 Å². The molecule has 1 rings (SSSR count). The molecule has 0 amide bonds. The third kappa shape index (κ3) is 4.75. The fourth-order valence-electron chi connectivity index (χ4n) is 1.82. The van der Waals surface area contributed by atoms with Gasteiger partial charge in [-0.1, -0.05) is 24.6 Å². The van der Waals surface area contributed by atoms with Crippen LogP contribution in [0.15, 0.2) is 18.2 Å². The summed E-state index contributed by atoms with van der Waals surface area (Å²) in [6.07, 6.45) is 2.22.